The number of amides is 1. The van der Waals surface area contributed by atoms with Crippen molar-refractivity contribution in [2.24, 2.45) is 0 Å². The standard InChI is InChI=1S/C51H58F2N6O7SSi/c1-8-25-67-48-54-45(58(49(62)66-50(2,3)4)41-28-38(41)32-23-24-39(52)40(53)26-32)44-46(55-48)59(57-56-44)42-27-34(30-63-29-33-17-15-16-22-37(33)47(60)61)65-43(42)31-64-68(51(5,6)7,35-18-11-9-12-19-35)36-20-13-10-14-21-36/h9-24,26,34,38,41-43H,8,25,27-31H2,1-7H3,(H,60,61)/t34-,38+,41-,42-,43+/m1/s1. The van der Waals surface area contributed by atoms with Crippen LogP contribution in [0.4, 0.5) is 19.4 Å². The maximum atomic E-state index is 14.6. The molecule has 13 nitrogen and oxygen atoms in total. The predicted molar refractivity (Wildman–Crippen MR) is 259 cm³/mol. The zero-order valence-corrected chi connectivity index (χ0v) is 41.2. The van der Waals surface area contributed by atoms with Gasteiger partial charge in [0, 0.05) is 24.1 Å². The van der Waals surface area contributed by atoms with Crippen molar-refractivity contribution in [2.45, 2.75) is 120 Å². The van der Waals surface area contributed by atoms with E-state index in [2.05, 4.69) is 52.0 Å². The smallest absolute Gasteiger partial charge is 0.416 e. The van der Waals surface area contributed by atoms with E-state index in [4.69, 9.17) is 38.9 Å². The number of carboxylic acids is 1. The summed E-state index contributed by atoms with van der Waals surface area (Å²) in [6.45, 7) is 14.4. The van der Waals surface area contributed by atoms with Crippen LogP contribution in [0.15, 0.2) is 108 Å². The number of hydrogen-bond acceptors (Lipinski definition) is 11. The molecule has 0 spiro atoms. The first-order valence-electron chi connectivity index (χ1n) is 23.0. The van der Waals surface area contributed by atoms with Crippen molar-refractivity contribution in [1.29, 1.82) is 0 Å². The molecule has 0 bridgehead atoms. The number of carbonyl (C=O) groups excluding carboxylic acids is 1. The van der Waals surface area contributed by atoms with E-state index in [1.54, 1.807) is 49.7 Å². The molecule has 358 valence electrons. The van der Waals surface area contributed by atoms with Crippen molar-refractivity contribution < 1.29 is 42.1 Å². The van der Waals surface area contributed by atoms with Crippen LogP contribution in [-0.2, 0) is 25.2 Å². The summed E-state index contributed by atoms with van der Waals surface area (Å²) in [5.74, 6) is -2.41. The number of carboxylic acid groups (broad SMARTS) is 1. The summed E-state index contributed by atoms with van der Waals surface area (Å²) < 4.78 is 57.0. The number of benzene rings is 4. The number of thioether (sulfide) groups is 1. The Balaban J connectivity index is 1.20. The monoisotopic (exact) mass is 964 g/mol. The fourth-order valence-corrected chi connectivity index (χ4v) is 14.4. The molecule has 1 aliphatic heterocycles. The number of carbonyl (C=O) groups is 2. The largest absolute Gasteiger partial charge is 0.478 e. The quantitative estimate of drug-likeness (QED) is 0.0527. The van der Waals surface area contributed by atoms with Gasteiger partial charge in [0.2, 0.25) is 0 Å². The third-order valence-corrected chi connectivity index (χ3v) is 18.4. The molecule has 1 saturated carbocycles. The second-order valence-corrected chi connectivity index (χ2v) is 24.7. The van der Waals surface area contributed by atoms with Crippen LogP contribution in [0.5, 0.6) is 0 Å². The van der Waals surface area contributed by atoms with E-state index in [9.17, 15) is 23.5 Å². The van der Waals surface area contributed by atoms with Gasteiger partial charge in [0.25, 0.3) is 8.32 Å². The predicted octanol–water partition coefficient (Wildman–Crippen LogP) is 9.49. The van der Waals surface area contributed by atoms with Crippen LogP contribution < -0.4 is 15.3 Å². The summed E-state index contributed by atoms with van der Waals surface area (Å²) in [5.41, 5.74) is 0.999. The zero-order valence-electron chi connectivity index (χ0n) is 39.4. The Morgan fingerprint density at radius 3 is 2.19 bits per heavy atom. The fraction of sp³-hybridized carbons (Fsp3) is 0.412. The molecule has 2 aromatic heterocycles. The number of aromatic nitrogens is 5. The summed E-state index contributed by atoms with van der Waals surface area (Å²) in [6, 6.07) is 30.2. The molecule has 0 radical (unpaired) electrons. The van der Waals surface area contributed by atoms with Gasteiger partial charge in [0.1, 0.15) is 11.7 Å². The number of anilines is 1. The van der Waals surface area contributed by atoms with E-state index in [-0.39, 0.29) is 47.7 Å². The Morgan fingerprint density at radius 1 is 0.882 bits per heavy atom. The Labute approximate surface area is 400 Å². The van der Waals surface area contributed by atoms with Crippen LogP contribution in [0.25, 0.3) is 11.2 Å². The molecule has 5 atom stereocenters. The van der Waals surface area contributed by atoms with E-state index < -0.39 is 61.9 Å². The zero-order chi connectivity index (χ0) is 48.4. The maximum absolute atomic E-state index is 14.6. The first-order valence-corrected chi connectivity index (χ1v) is 25.9. The van der Waals surface area contributed by atoms with E-state index in [0.29, 0.717) is 40.5 Å². The maximum Gasteiger partial charge on any atom is 0.416 e. The minimum absolute atomic E-state index is 0.0598. The molecule has 0 unspecified atom stereocenters. The molecule has 1 aliphatic carbocycles. The molecule has 4 aromatic carbocycles. The van der Waals surface area contributed by atoms with Gasteiger partial charge in [-0.3, -0.25) is 4.90 Å². The number of rotatable bonds is 17. The first-order chi connectivity index (χ1) is 32.5. The third-order valence-electron chi connectivity index (χ3n) is 12.3. The average Bonchev–Trinajstić information content (AvgIpc) is 3.78. The highest BCUT2D eigenvalue weighted by atomic mass is 32.2. The highest BCUT2D eigenvalue weighted by molar-refractivity contribution is 7.99. The second-order valence-electron chi connectivity index (χ2n) is 19.4. The minimum atomic E-state index is -3.06. The number of ether oxygens (including phenoxy) is 3. The van der Waals surface area contributed by atoms with Gasteiger partial charge in [-0.05, 0) is 78.4 Å². The van der Waals surface area contributed by atoms with Crippen molar-refractivity contribution in [3.63, 3.8) is 0 Å². The molecule has 17 heteroatoms. The first kappa shape index (κ1) is 48.8. The van der Waals surface area contributed by atoms with E-state index in [0.717, 1.165) is 22.9 Å². The van der Waals surface area contributed by atoms with Gasteiger partial charge >= 0.3 is 12.1 Å². The Morgan fingerprint density at radius 2 is 1.56 bits per heavy atom. The summed E-state index contributed by atoms with van der Waals surface area (Å²) in [4.78, 5) is 37.9. The fourth-order valence-electron chi connectivity index (χ4n) is 9.16. The Hall–Kier alpha value is -5.59. The van der Waals surface area contributed by atoms with E-state index in [1.165, 1.54) is 28.8 Å². The van der Waals surface area contributed by atoms with Crippen LogP contribution in [-0.4, -0.2) is 93.3 Å². The molecule has 1 saturated heterocycles. The lowest BCUT2D eigenvalue weighted by Crippen LogP contribution is -2.67. The molecule has 6 aromatic rings. The van der Waals surface area contributed by atoms with Gasteiger partial charge in [-0.1, -0.05) is 130 Å². The van der Waals surface area contributed by atoms with Gasteiger partial charge in [0.15, 0.2) is 33.8 Å². The van der Waals surface area contributed by atoms with Crippen molar-refractivity contribution >= 4 is 59.5 Å². The lowest BCUT2D eigenvalue weighted by Gasteiger charge is -2.43. The second kappa shape index (κ2) is 20.2. The SMILES string of the molecule is CCCSc1nc(N(C(=O)OC(C)(C)C)[C@@H]2C[C@H]2c2ccc(F)c(F)c2)c2nnn([C@@H]3C[C@H](COCc4ccccc4C(=O)O)O[C@H]3CO[Si](c3ccccc3)(c3ccccc3)C(C)(C)C)c2n1. The van der Waals surface area contributed by atoms with Crippen molar-refractivity contribution in [1.82, 2.24) is 25.0 Å². The highest BCUT2D eigenvalue weighted by Crippen LogP contribution is 2.48. The lowest BCUT2D eigenvalue weighted by molar-refractivity contribution is -0.0379. The molecular formula is C51H58F2N6O7SSi. The molecule has 1 amide bonds. The number of aromatic carboxylic acids is 1. The third kappa shape index (κ3) is 10.4. The van der Waals surface area contributed by atoms with Crippen LogP contribution in [0.2, 0.25) is 5.04 Å². The molecule has 8 rings (SSSR count). The molecule has 1 N–H and O–H groups in total. The van der Waals surface area contributed by atoms with Gasteiger partial charge < -0.3 is 23.7 Å². The molecule has 2 aliphatic rings. The normalized spacial score (nSPS) is 19.6. The molecule has 68 heavy (non-hydrogen) atoms. The number of halogens is 2. The Bertz CT molecular complexity index is 2700. The number of nitrogens with zero attached hydrogens (tertiary/aromatic N) is 6. The summed E-state index contributed by atoms with van der Waals surface area (Å²) in [5, 5.41) is 21.6. The van der Waals surface area contributed by atoms with Gasteiger partial charge in [-0.15, -0.1) is 5.10 Å². The molecular weight excluding hydrogens is 907 g/mol. The summed E-state index contributed by atoms with van der Waals surface area (Å²) in [7, 11) is -3.06. The van der Waals surface area contributed by atoms with Gasteiger partial charge in [-0.2, -0.15) is 0 Å². The van der Waals surface area contributed by atoms with Crippen LogP contribution >= 0.6 is 11.8 Å². The Kier molecular flexibility index (Phi) is 14.5. The van der Waals surface area contributed by atoms with Gasteiger partial charge in [0.05, 0.1) is 37.5 Å². The number of hydrogen-bond donors (Lipinski definition) is 1. The van der Waals surface area contributed by atoms with Gasteiger partial charge in [-0.25, -0.2) is 33.0 Å². The number of fused-ring (bicyclic) bond motifs is 1. The topological polar surface area (TPSA) is 151 Å². The summed E-state index contributed by atoms with van der Waals surface area (Å²) in [6.07, 6.45) is -0.0717. The van der Waals surface area contributed by atoms with Crippen molar-refractivity contribution in [2.75, 3.05) is 23.9 Å². The lowest BCUT2D eigenvalue weighted by atomic mass is 10.1. The minimum Gasteiger partial charge on any atom is -0.478 e. The van der Waals surface area contributed by atoms with Crippen LogP contribution in [0, 0.1) is 11.6 Å². The van der Waals surface area contributed by atoms with Crippen molar-refractivity contribution in [3.05, 3.63) is 131 Å². The van der Waals surface area contributed by atoms with E-state index >= 15 is 0 Å². The van der Waals surface area contributed by atoms with Crippen molar-refractivity contribution in [3.8, 4) is 0 Å². The summed E-state index contributed by atoms with van der Waals surface area (Å²) >= 11 is 1.43. The van der Waals surface area contributed by atoms with Crippen LogP contribution in [0.1, 0.15) is 101 Å². The molecule has 3 heterocycles. The molecule has 2 fully saturated rings. The van der Waals surface area contributed by atoms with E-state index in [1.807, 2.05) is 36.4 Å². The average molecular weight is 965 g/mol. The van der Waals surface area contributed by atoms with Crippen LogP contribution in [0.3, 0.4) is 0 Å². The highest BCUT2D eigenvalue weighted by Gasteiger charge is 2.52.